The van der Waals surface area contributed by atoms with E-state index in [9.17, 15) is 39.8 Å². The number of aromatic nitrogens is 1. The first-order valence-corrected chi connectivity index (χ1v) is 9.43. The summed E-state index contributed by atoms with van der Waals surface area (Å²) in [7, 11) is 0. The Bertz CT molecular complexity index is 1260. The third-order valence-electron chi connectivity index (χ3n) is 5.83. The minimum absolute atomic E-state index is 0.0628. The van der Waals surface area contributed by atoms with Crippen LogP contribution in [0.2, 0.25) is 0 Å². The fraction of sp³-hybridized carbons (Fsp3) is 0.286. The molecule has 3 rings (SSSR count). The Labute approximate surface area is 180 Å². The van der Waals surface area contributed by atoms with Crippen molar-refractivity contribution in [3.05, 3.63) is 68.7 Å². The number of hydrogen-bond donors (Lipinski definition) is 3. The molecule has 0 fully saturated rings. The number of nitrogens with zero attached hydrogens (tertiary/aromatic N) is 2. The number of allylic oxidation sites excluding steroid dienone is 1. The van der Waals surface area contributed by atoms with Crippen LogP contribution in [0.25, 0.3) is 10.9 Å². The van der Waals surface area contributed by atoms with Crippen LogP contribution < -0.4 is 5.56 Å². The summed E-state index contributed by atoms with van der Waals surface area (Å²) in [4.78, 5) is 46.3. The standard InChI is InChI=1S/C21H20N2O9/c1-20(18(26)27)6-5-14(11-21(20,2)19(28)29)32-8-7-22-15-4-3-13(23(30)31)9-12(15)10-16(24)17(22)25/h3-6,9-11,24H,7-8H2,1-2H3,(H,26,27)(H,28,29). The van der Waals surface area contributed by atoms with Gasteiger partial charge < -0.3 is 24.6 Å². The lowest BCUT2D eigenvalue weighted by molar-refractivity contribution is -0.384. The minimum Gasteiger partial charge on any atom is -0.503 e. The van der Waals surface area contributed by atoms with E-state index < -0.39 is 39.0 Å². The van der Waals surface area contributed by atoms with Gasteiger partial charge in [-0.05, 0) is 38.1 Å². The topological polar surface area (TPSA) is 169 Å². The van der Waals surface area contributed by atoms with Gasteiger partial charge in [-0.3, -0.25) is 24.5 Å². The molecule has 0 spiro atoms. The number of hydrogen-bond acceptors (Lipinski definition) is 7. The van der Waals surface area contributed by atoms with E-state index in [1.165, 1.54) is 54.8 Å². The Morgan fingerprint density at radius 1 is 1.16 bits per heavy atom. The van der Waals surface area contributed by atoms with E-state index in [1.807, 2.05) is 0 Å². The van der Waals surface area contributed by atoms with Gasteiger partial charge in [-0.2, -0.15) is 0 Å². The summed E-state index contributed by atoms with van der Waals surface area (Å²) in [6, 6.07) is 4.98. The van der Waals surface area contributed by atoms with Crippen LogP contribution in [0.1, 0.15) is 13.8 Å². The molecule has 11 nitrogen and oxygen atoms in total. The van der Waals surface area contributed by atoms with Crippen molar-refractivity contribution >= 4 is 28.5 Å². The third kappa shape index (κ3) is 3.57. The number of non-ortho nitro benzene ring substituents is 1. The molecule has 2 aromatic rings. The second-order valence-electron chi connectivity index (χ2n) is 7.73. The predicted octanol–water partition coefficient (Wildman–Crippen LogP) is 2.27. The van der Waals surface area contributed by atoms with Crippen LogP contribution in [-0.2, 0) is 20.9 Å². The van der Waals surface area contributed by atoms with Crippen LogP contribution >= 0.6 is 0 Å². The molecule has 1 aromatic heterocycles. The maximum atomic E-state index is 12.4. The molecule has 0 radical (unpaired) electrons. The molecule has 0 saturated heterocycles. The molecule has 2 atom stereocenters. The van der Waals surface area contributed by atoms with E-state index in [0.717, 1.165) is 6.07 Å². The summed E-state index contributed by atoms with van der Waals surface area (Å²) in [5.74, 6) is -3.13. The van der Waals surface area contributed by atoms with Crippen LogP contribution in [0.3, 0.4) is 0 Å². The number of nitro groups is 1. The van der Waals surface area contributed by atoms with Crippen molar-refractivity contribution in [1.29, 1.82) is 0 Å². The van der Waals surface area contributed by atoms with E-state index in [0.29, 0.717) is 5.52 Å². The van der Waals surface area contributed by atoms with Gasteiger partial charge in [0.05, 0.1) is 17.0 Å². The fourth-order valence-corrected chi connectivity index (χ4v) is 3.52. The molecule has 2 unspecified atom stereocenters. The fourth-order valence-electron chi connectivity index (χ4n) is 3.52. The van der Waals surface area contributed by atoms with Crippen molar-refractivity contribution in [3.63, 3.8) is 0 Å². The zero-order valence-corrected chi connectivity index (χ0v) is 17.1. The number of ether oxygens (including phenoxy) is 1. The number of carboxylic acid groups (broad SMARTS) is 2. The Kier molecular flexibility index (Phi) is 5.52. The number of rotatable bonds is 7. The molecular formula is C21H20N2O9. The number of pyridine rings is 1. The van der Waals surface area contributed by atoms with Crippen molar-refractivity contribution in [1.82, 2.24) is 4.57 Å². The van der Waals surface area contributed by atoms with Gasteiger partial charge in [0.2, 0.25) is 0 Å². The van der Waals surface area contributed by atoms with E-state index in [4.69, 9.17) is 4.74 Å². The quantitative estimate of drug-likeness (QED) is 0.428. The summed E-state index contributed by atoms with van der Waals surface area (Å²) in [5.41, 5.74) is -4.07. The first-order valence-electron chi connectivity index (χ1n) is 9.43. The van der Waals surface area contributed by atoms with Crippen molar-refractivity contribution in [3.8, 4) is 5.75 Å². The normalized spacial score (nSPS) is 22.4. The summed E-state index contributed by atoms with van der Waals surface area (Å²) in [6.45, 7) is 2.39. The molecule has 0 bridgehead atoms. The number of carboxylic acids is 2. The van der Waals surface area contributed by atoms with E-state index in [2.05, 4.69) is 0 Å². The van der Waals surface area contributed by atoms with Gasteiger partial charge in [-0.25, -0.2) is 0 Å². The van der Waals surface area contributed by atoms with Crippen LogP contribution in [0.15, 0.2) is 53.0 Å². The van der Waals surface area contributed by atoms with Gasteiger partial charge >= 0.3 is 11.9 Å². The molecule has 3 N–H and O–H groups in total. The van der Waals surface area contributed by atoms with Crippen LogP contribution in [-0.4, -0.2) is 43.4 Å². The summed E-state index contributed by atoms with van der Waals surface area (Å²) in [5, 5.41) is 40.3. The molecule has 11 heteroatoms. The summed E-state index contributed by atoms with van der Waals surface area (Å²) >= 11 is 0. The molecule has 32 heavy (non-hydrogen) atoms. The molecule has 1 aliphatic rings. The number of benzene rings is 1. The highest BCUT2D eigenvalue weighted by Crippen LogP contribution is 2.46. The van der Waals surface area contributed by atoms with E-state index in [-0.39, 0.29) is 30.0 Å². The summed E-state index contributed by atoms with van der Waals surface area (Å²) < 4.78 is 6.76. The summed E-state index contributed by atoms with van der Waals surface area (Å²) in [6.07, 6.45) is 3.80. The number of aromatic hydroxyl groups is 1. The van der Waals surface area contributed by atoms with Gasteiger partial charge in [-0.1, -0.05) is 6.08 Å². The molecule has 1 aliphatic carbocycles. The average molecular weight is 444 g/mol. The lowest BCUT2D eigenvalue weighted by Crippen LogP contribution is -2.48. The van der Waals surface area contributed by atoms with Gasteiger partial charge in [0.1, 0.15) is 23.2 Å². The van der Waals surface area contributed by atoms with Gasteiger partial charge in [-0.15, -0.1) is 0 Å². The number of aliphatic carboxylic acids is 2. The number of carbonyl (C=O) groups is 2. The molecular weight excluding hydrogens is 424 g/mol. The maximum Gasteiger partial charge on any atom is 0.314 e. The van der Waals surface area contributed by atoms with Gasteiger partial charge in [0.15, 0.2) is 5.75 Å². The van der Waals surface area contributed by atoms with Crippen molar-refractivity contribution in [2.45, 2.75) is 20.4 Å². The highest BCUT2D eigenvalue weighted by Gasteiger charge is 2.54. The zero-order valence-electron chi connectivity index (χ0n) is 17.1. The smallest absolute Gasteiger partial charge is 0.314 e. The molecule has 0 saturated carbocycles. The minimum atomic E-state index is -1.78. The first kappa shape index (κ1) is 22.5. The second kappa shape index (κ2) is 7.84. The molecule has 1 heterocycles. The Hall–Kier alpha value is -4.15. The lowest BCUT2D eigenvalue weighted by atomic mass is 9.63. The van der Waals surface area contributed by atoms with Crippen LogP contribution in [0.5, 0.6) is 5.75 Å². The highest BCUT2D eigenvalue weighted by molar-refractivity contribution is 5.90. The first-order chi connectivity index (χ1) is 14.9. The molecule has 1 aromatic carbocycles. The predicted molar refractivity (Wildman–Crippen MR) is 111 cm³/mol. The largest absolute Gasteiger partial charge is 0.503 e. The highest BCUT2D eigenvalue weighted by atomic mass is 16.6. The number of fused-ring (bicyclic) bond motifs is 1. The van der Waals surface area contributed by atoms with Crippen molar-refractivity contribution in [2.24, 2.45) is 10.8 Å². The van der Waals surface area contributed by atoms with Gasteiger partial charge in [0, 0.05) is 17.5 Å². The van der Waals surface area contributed by atoms with Crippen LogP contribution in [0, 0.1) is 20.9 Å². The van der Waals surface area contributed by atoms with Crippen molar-refractivity contribution < 1.29 is 34.6 Å². The maximum absolute atomic E-state index is 12.4. The van der Waals surface area contributed by atoms with Gasteiger partial charge in [0.25, 0.3) is 11.2 Å². The molecule has 0 aliphatic heterocycles. The molecule has 168 valence electrons. The third-order valence-corrected chi connectivity index (χ3v) is 5.83. The monoisotopic (exact) mass is 444 g/mol. The molecule has 0 amide bonds. The van der Waals surface area contributed by atoms with E-state index in [1.54, 1.807) is 0 Å². The Morgan fingerprint density at radius 3 is 2.41 bits per heavy atom. The van der Waals surface area contributed by atoms with E-state index >= 15 is 0 Å². The zero-order chi connectivity index (χ0) is 23.8. The lowest BCUT2D eigenvalue weighted by Gasteiger charge is -2.38. The number of nitro benzene ring substituents is 1. The van der Waals surface area contributed by atoms with Crippen LogP contribution in [0.4, 0.5) is 5.69 Å². The average Bonchev–Trinajstić information content (AvgIpc) is 2.72. The second-order valence-corrected chi connectivity index (χ2v) is 7.73. The Morgan fingerprint density at radius 2 is 1.81 bits per heavy atom. The Balaban J connectivity index is 1.88. The SMILES string of the molecule is CC1(C(=O)O)C=CC(OCCn2c(=O)c(O)cc3cc([N+](=O)[O-])ccc32)=CC1(C)C(=O)O. The van der Waals surface area contributed by atoms with Crippen molar-refractivity contribution in [2.75, 3.05) is 6.61 Å².